The minimum Gasteiger partial charge on any atom is -0.319 e. The molecule has 1 unspecified atom stereocenters. The minimum atomic E-state index is -0.162. The Morgan fingerprint density at radius 3 is 2.53 bits per heavy atom. The zero-order chi connectivity index (χ0) is 12.4. The Kier molecular flexibility index (Phi) is 3.50. The van der Waals surface area contributed by atoms with Crippen LogP contribution in [0.4, 0.5) is 0 Å². The molecule has 0 bridgehead atoms. The molecule has 1 aromatic carbocycles. The third-order valence-corrected chi connectivity index (χ3v) is 3.13. The summed E-state index contributed by atoms with van der Waals surface area (Å²) < 4.78 is 1.85. The topological polar surface area (TPSA) is 43.8 Å². The smallest absolute Gasteiger partial charge is 0.0723 e. The van der Waals surface area contributed by atoms with E-state index in [-0.39, 0.29) is 6.04 Å². The van der Waals surface area contributed by atoms with Gasteiger partial charge in [0.2, 0.25) is 0 Å². The molecule has 1 atom stereocenters. The molecule has 0 aliphatic carbocycles. The van der Waals surface area contributed by atoms with E-state index in [1.54, 1.807) is 0 Å². The van der Waals surface area contributed by atoms with E-state index >= 15 is 0 Å². The standard InChI is InChI=1S/C13H16ClN3/c1-3-11-8-12(17(2)16-11)13(15)9-4-6-10(14)7-5-9/h4-8,13H,3,15H2,1-2H3. The van der Waals surface area contributed by atoms with Gasteiger partial charge in [-0.25, -0.2) is 0 Å². The number of aryl methyl sites for hydroxylation is 2. The van der Waals surface area contributed by atoms with E-state index in [2.05, 4.69) is 18.1 Å². The van der Waals surface area contributed by atoms with Gasteiger partial charge in [-0.3, -0.25) is 4.68 Å². The van der Waals surface area contributed by atoms with Crippen LogP contribution < -0.4 is 5.73 Å². The number of hydrogen-bond donors (Lipinski definition) is 1. The number of halogens is 1. The summed E-state index contributed by atoms with van der Waals surface area (Å²) in [5, 5.41) is 5.13. The molecule has 1 heterocycles. The van der Waals surface area contributed by atoms with Gasteiger partial charge in [-0.1, -0.05) is 30.7 Å². The highest BCUT2D eigenvalue weighted by Crippen LogP contribution is 2.21. The zero-order valence-electron chi connectivity index (χ0n) is 10.0. The van der Waals surface area contributed by atoms with Crippen LogP contribution in [-0.4, -0.2) is 9.78 Å². The molecule has 2 N–H and O–H groups in total. The van der Waals surface area contributed by atoms with Gasteiger partial charge < -0.3 is 5.73 Å². The monoisotopic (exact) mass is 249 g/mol. The number of hydrogen-bond acceptors (Lipinski definition) is 2. The third kappa shape index (κ3) is 2.51. The summed E-state index contributed by atoms with van der Waals surface area (Å²) in [7, 11) is 1.92. The number of nitrogens with two attached hydrogens (primary N) is 1. The van der Waals surface area contributed by atoms with E-state index in [0.717, 1.165) is 28.4 Å². The largest absolute Gasteiger partial charge is 0.319 e. The highest BCUT2D eigenvalue weighted by atomic mass is 35.5. The molecular formula is C13H16ClN3. The first kappa shape index (κ1) is 12.1. The second kappa shape index (κ2) is 4.90. The summed E-state index contributed by atoms with van der Waals surface area (Å²) in [6.07, 6.45) is 0.918. The zero-order valence-corrected chi connectivity index (χ0v) is 10.8. The van der Waals surface area contributed by atoms with Crippen molar-refractivity contribution in [3.8, 4) is 0 Å². The van der Waals surface area contributed by atoms with Crippen LogP contribution in [0.15, 0.2) is 30.3 Å². The Morgan fingerprint density at radius 2 is 2.00 bits per heavy atom. The molecule has 0 radical (unpaired) electrons. The molecule has 1 aromatic heterocycles. The molecule has 0 aliphatic rings. The van der Waals surface area contributed by atoms with E-state index in [4.69, 9.17) is 17.3 Å². The fourth-order valence-corrected chi connectivity index (χ4v) is 1.97. The fourth-order valence-electron chi connectivity index (χ4n) is 1.85. The van der Waals surface area contributed by atoms with Crippen LogP contribution in [0.1, 0.15) is 29.9 Å². The van der Waals surface area contributed by atoms with Crippen molar-refractivity contribution < 1.29 is 0 Å². The van der Waals surface area contributed by atoms with Crippen molar-refractivity contribution in [3.63, 3.8) is 0 Å². The van der Waals surface area contributed by atoms with Crippen molar-refractivity contribution in [2.24, 2.45) is 12.8 Å². The van der Waals surface area contributed by atoms with Crippen molar-refractivity contribution in [2.75, 3.05) is 0 Å². The van der Waals surface area contributed by atoms with Gasteiger partial charge in [0.15, 0.2) is 0 Å². The minimum absolute atomic E-state index is 0.162. The molecule has 0 fully saturated rings. The lowest BCUT2D eigenvalue weighted by Gasteiger charge is -2.12. The molecule has 90 valence electrons. The van der Waals surface area contributed by atoms with Gasteiger partial charge in [-0.05, 0) is 30.2 Å². The number of rotatable bonds is 3. The summed E-state index contributed by atoms with van der Waals surface area (Å²) in [5.41, 5.74) is 9.35. The Bertz CT molecular complexity index is 502. The first-order valence-corrected chi connectivity index (χ1v) is 6.03. The number of nitrogens with zero attached hydrogens (tertiary/aromatic N) is 2. The highest BCUT2D eigenvalue weighted by Gasteiger charge is 2.14. The van der Waals surface area contributed by atoms with Gasteiger partial charge in [0.1, 0.15) is 0 Å². The van der Waals surface area contributed by atoms with Crippen molar-refractivity contribution in [1.82, 2.24) is 9.78 Å². The second-order valence-electron chi connectivity index (χ2n) is 4.07. The Hall–Kier alpha value is -1.32. The first-order chi connectivity index (χ1) is 8.11. The molecule has 3 nitrogen and oxygen atoms in total. The highest BCUT2D eigenvalue weighted by molar-refractivity contribution is 6.30. The summed E-state index contributed by atoms with van der Waals surface area (Å²) in [6.45, 7) is 2.08. The molecular weight excluding hydrogens is 234 g/mol. The Balaban J connectivity index is 2.32. The lowest BCUT2D eigenvalue weighted by Crippen LogP contribution is -2.15. The van der Waals surface area contributed by atoms with E-state index < -0.39 is 0 Å². The van der Waals surface area contributed by atoms with E-state index in [1.165, 1.54) is 0 Å². The van der Waals surface area contributed by atoms with E-state index in [1.807, 2.05) is 36.0 Å². The van der Waals surface area contributed by atoms with Gasteiger partial charge >= 0.3 is 0 Å². The van der Waals surface area contributed by atoms with Crippen LogP contribution in [0.25, 0.3) is 0 Å². The second-order valence-corrected chi connectivity index (χ2v) is 4.50. The summed E-state index contributed by atoms with van der Waals surface area (Å²) in [6, 6.07) is 9.50. The molecule has 2 aromatic rings. The Labute approximate surface area is 106 Å². The van der Waals surface area contributed by atoms with Crippen molar-refractivity contribution in [2.45, 2.75) is 19.4 Å². The third-order valence-electron chi connectivity index (χ3n) is 2.88. The van der Waals surface area contributed by atoms with Crippen LogP contribution in [0, 0.1) is 0 Å². The summed E-state index contributed by atoms with van der Waals surface area (Å²) in [5.74, 6) is 0. The van der Waals surface area contributed by atoms with Crippen LogP contribution in [0.3, 0.4) is 0 Å². The number of aromatic nitrogens is 2. The van der Waals surface area contributed by atoms with E-state index in [9.17, 15) is 0 Å². The normalized spacial score (nSPS) is 12.7. The van der Waals surface area contributed by atoms with Crippen molar-refractivity contribution in [1.29, 1.82) is 0 Å². The van der Waals surface area contributed by atoms with Gasteiger partial charge in [0.05, 0.1) is 17.4 Å². The molecule has 4 heteroatoms. The maximum atomic E-state index is 6.23. The molecule has 0 spiro atoms. The maximum absolute atomic E-state index is 6.23. The van der Waals surface area contributed by atoms with Crippen molar-refractivity contribution in [3.05, 3.63) is 52.3 Å². The number of benzene rings is 1. The first-order valence-electron chi connectivity index (χ1n) is 5.65. The lowest BCUT2D eigenvalue weighted by molar-refractivity contribution is 0.666. The average molecular weight is 250 g/mol. The quantitative estimate of drug-likeness (QED) is 0.909. The SMILES string of the molecule is CCc1cc(C(N)c2ccc(Cl)cc2)n(C)n1. The van der Waals surface area contributed by atoms with Gasteiger partial charge in [0.25, 0.3) is 0 Å². The lowest BCUT2D eigenvalue weighted by atomic mass is 10.0. The molecule has 2 rings (SSSR count). The van der Waals surface area contributed by atoms with Gasteiger partial charge in [-0.2, -0.15) is 5.10 Å². The molecule has 17 heavy (non-hydrogen) atoms. The predicted octanol–water partition coefficient (Wildman–Crippen LogP) is 2.68. The Morgan fingerprint density at radius 1 is 1.35 bits per heavy atom. The molecule has 0 aliphatic heterocycles. The molecule has 0 amide bonds. The average Bonchev–Trinajstić information content (AvgIpc) is 2.71. The predicted molar refractivity (Wildman–Crippen MR) is 70.1 cm³/mol. The van der Waals surface area contributed by atoms with Crippen LogP contribution in [0.2, 0.25) is 5.02 Å². The summed E-state index contributed by atoms with van der Waals surface area (Å²) >= 11 is 5.86. The van der Waals surface area contributed by atoms with Crippen LogP contribution in [0.5, 0.6) is 0 Å². The van der Waals surface area contributed by atoms with Gasteiger partial charge in [-0.15, -0.1) is 0 Å². The molecule has 0 saturated carbocycles. The van der Waals surface area contributed by atoms with Gasteiger partial charge in [0, 0.05) is 12.1 Å². The van der Waals surface area contributed by atoms with E-state index in [0.29, 0.717) is 0 Å². The fraction of sp³-hybridized carbons (Fsp3) is 0.308. The summed E-state index contributed by atoms with van der Waals surface area (Å²) in [4.78, 5) is 0. The maximum Gasteiger partial charge on any atom is 0.0723 e. The van der Waals surface area contributed by atoms with Crippen LogP contribution in [-0.2, 0) is 13.5 Å². The van der Waals surface area contributed by atoms with Crippen LogP contribution >= 0.6 is 11.6 Å². The molecule has 0 saturated heterocycles. The van der Waals surface area contributed by atoms with Crippen molar-refractivity contribution >= 4 is 11.6 Å².